The normalized spacial score (nSPS) is 15.1. The van der Waals surface area contributed by atoms with Crippen molar-refractivity contribution in [3.63, 3.8) is 0 Å². The quantitative estimate of drug-likeness (QED) is 0.341. The van der Waals surface area contributed by atoms with Crippen molar-refractivity contribution in [2.24, 2.45) is 11.7 Å². The minimum Gasteiger partial charge on any atom is -0.478 e. The van der Waals surface area contributed by atoms with E-state index in [1.54, 1.807) is 6.07 Å². The van der Waals surface area contributed by atoms with Gasteiger partial charge in [-0.1, -0.05) is 50.3 Å². The second-order valence-corrected chi connectivity index (χ2v) is 11.4. The molecule has 1 saturated carbocycles. The fourth-order valence-corrected chi connectivity index (χ4v) is 5.78. The van der Waals surface area contributed by atoms with Crippen molar-refractivity contribution in [1.82, 2.24) is 15.0 Å². The molecule has 0 aliphatic heterocycles. The van der Waals surface area contributed by atoms with Gasteiger partial charge >= 0.3 is 5.97 Å². The van der Waals surface area contributed by atoms with Crippen LogP contribution >= 0.6 is 0 Å². The molecule has 10 nitrogen and oxygen atoms in total. The average Bonchev–Trinajstić information content (AvgIpc) is 2.88. The monoisotopic (exact) mass is 539 g/mol. The molecule has 0 unspecified atom stereocenters. The Morgan fingerprint density at radius 2 is 1.84 bits per heavy atom. The van der Waals surface area contributed by atoms with Gasteiger partial charge in [-0.25, -0.2) is 19.5 Å². The van der Waals surface area contributed by atoms with Crippen molar-refractivity contribution in [3.8, 4) is 17.1 Å². The third-order valence-corrected chi connectivity index (χ3v) is 7.95. The molecule has 1 aliphatic carbocycles. The molecule has 2 aromatic heterocycles. The molecule has 202 valence electrons. The first-order valence-electron chi connectivity index (χ1n) is 12.7. The van der Waals surface area contributed by atoms with Crippen LogP contribution in [0.1, 0.15) is 60.0 Å². The van der Waals surface area contributed by atoms with Crippen molar-refractivity contribution in [2.45, 2.75) is 63.4 Å². The standard InChI is InChI=1S/C27H33N5O5S/c1-17-7-6-8-18(2)25(17)22-15-23(37-16-21(28)13-19-9-4-3-5-10-19)31-27(30-22)32-38(35,36)24-14-20(26(33)34)11-12-29-24/h6-8,11-12,14-15,19,21H,3-5,9-10,13,16,28H2,1-2H3,(H,33,34)(H,30,31,32)/t21-/m1/s1. The molecule has 0 radical (unpaired) electrons. The maximum absolute atomic E-state index is 13.0. The minimum atomic E-state index is -4.29. The van der Waals surface area contributed by atoms with Gasteiger partial charge in [0.2, 0.25) is 11.8 Å². The Morgan fingerprint density at radius 3 is 2.53 bits per heavy atom. The maximum atomic E-state index is 13.0. The summed E-state index contributed by atoms with van der Waals surface area (Å²) >= 11 is 0. The number of nitrogens with zero attached hydrogens (tertiary/aromatic N) is 3. The van der Waals surface area contributed by atoms with Crippen molar-refractivity contribution in [2.75, 3.05) is 11.3 Å². The van der Waals surface area contributed by atoms with Gasteiger partial charge in [0.1, 0.15) is 6.61 Å². The first kappa shape index (κ1) is 27.5. The number of rotatable bonds is 10. The third kappa shape index (κ3) is 6.84. The molecule has 4 rings (SSSR count). The van der Waals surface area contributed by atoms with Gasteiger partial charge in [0.15, 0.2) is 5.03 Å². The summed E-state index contributed by atoms with van der Waals surface area (Å²) < 4.78 is 34.4. The van der Waals surface area contributed by atoms with Gasteiger partial charge in [-0.3, -0.25) is 0 Å². The number of carbonyl (C=O) groups is 1. The lowest BCUT2D eigenvalue weighted by Crippen LogP contribution is -2.31. The summed E-state index contributed by atoms with van der Waals surface area (Å²) in [4.78, 5) is 23.9. The van der Waals surface area contributed by atoms with Crippen LogP contribution in [-0.2, 0) is 10.0 Å². The molecular weight excluding hydrogens is 506 g/mol. The van der Waals surface area contributed by atoms with E-state index in [4.69, 9.17) is 10.5 Å². The topological polar surface area (TPSA) is 157 Å². The van der Waals surface area contributed by atoms with Crippen LogP contribution in [-0.4, -0.2) is 47.1 Å². The highest BCUT2D eigenvalue weighted by atomic mass is 32.2. The molecule has 4 N–H and O–H groups in total. The Kier molecular flexibility index (Phi) is 8.58. The molecule has 38 heavy (non-hydrogen) atoms. The number of benzene rings is 1. The van der Waals surface area contributed by atoms with E-state index in [1.807, 2.05) is 32.0 Å². The van der Waals surface area contributed by atoms with Gasteiger partial charge in [0.25, 0.3) is 10.0 Å². The Hall–Kier alpha value is -3.57. The van der Waals surface area contributed by atoms with Gasteiger partial charge in [-0.05, 0) is 49.4 Å². The van der Waals surface area contributed by atoms with Crippen LogP contribution < -0.4 is 15.2 Å². The van der Waals surface area contributed by atoms with Crippen molar-refractivity contribution in [3.05, 3.63) is 59.3 Å². The highest BCUT2D eigenvalue weighted by molar-refractivity contribution is 7.92. The van der Waals surface area contributed by atoms with Gasteiger partial charge < -0.3 is 15.6 Å². The van der Waals surface area contributed by atoms with E-state index < -0.39 is 21.0 Å². The van der Waals surface area contributed by atoms with Crippen LogP contribution in [0, 0.1) is 19.8 Å². The summed E-state index contributed by atoms with van der Waals surface area (Å²) in [5.74, 6) is -0.711. The molecule has 1 aromatic carbocycles. The number of anilines is 1. The average molecular weight is 540 g/mol. The Balaban J connectivity index is 1.62. The second-order valence-electron chi connectivity index (χ2n) is 9.79. The fraction of sp³-hybridized carbons (Fsp3) is 0.407. The largest absolute Gasteiger partial charge is 0.478 e. The molecule has 1 fully saturated rings. The number of nitrogens with two attached hydrogens (primary N) is 1. The van der Waals surface area contributed by atoms with Crippen LogP contribution in [0.4, 0.5) is 5.95 Å². The van der Waals surface area contributed by atoms with Crippen molar-refractivity contribution in [1.29, 1.82) is 0 Å². The molecule has 0 spiro atoms. The zero-order valence-corrected chi connectivity index (χ0v) is 22.4. The zero-order valence-electron chi connectivity index (χ0n) is 21.6. The number of ether oxygens (including phenoxy) is 1. The van der Waals surface area contributed by atoms with E-state index in [0.29, 0.717) is 11.6 Å². The molecule has 2 heterocycles. The lowest BCUT2D eigenvalue weighted by molar-refractivity contribution is 0.0696. The lowest BCUT2D eigenvalue weighted by atomic mass is 9.85. The van der Waals surface area contributed by atoms with E-state index in [1.165, 1.54) is 38.2 Å². The van der Waals surface area contributed by atoms with E-state index in [2.05, 4.69) is 19.7 Å². The number of carboxylic acid groups (broad SMARTS) is 1. The van der Waals surface area contributed by atoms with Crippen LogP contribution in [0.2, 0.25) is 0 Å². The van der Waals surface area contributed by atoms with Gasteiger partial charge in [-0.2, -0.15) is 13.4 Å². The number of aromatic nitrogens is 3. The molecule has 0 saturated heterocycles. The Morgan fingerprint density at radius 1 is 1.13 bits per heavy atom. The van der Waals surface area contributed by atoms with Gasteiger partial charge in [-0.15, -0.1) is 0 Å². The third-order valence-electron chi connectivity index (χ3n) is 6.73. The Labute approximate surface area is 222 Å². The molecule has 0 bridgehead atoms. The summed E-state index contributed by atoms with van der Waals surface area (Å²) in [5, 5.41) is 8.77. The summed E-state index contributed by atoms with van der Waals surface area (Å²) in [6.45, 7) is 4.11. The Bertz CT molecular complexity index is 1390. The number of aromatic carboxylic acids is 1. The van der Waals surface area contributed by atoms with Crippen molar-refractivity contribution < 1.29 is 23.1 Å². The van der Waals surface area contributed by atoms with Crippen LogP contribution in [0.3, 0.4) is 0 Å². The van der Waals surface area contributed by atoms with E-state index in [9.17, 15) is 18.3 Å². The van der Waals surface area contributed by atoms with Gasteiger partial charge in [0, 0.05) is 23.9 Å². The molecule has 1 atom stereocenters. The van der Waals surface area contributed by atoms with E-state index in [-0.39, 0.29) is 30.0 Å². The number of aryl methyl sites for hydroxylation is 2. The molecule has 0 amide bonds. The summed E-state index contributed by atoms with van der Waals surface area (Å²) in [7, 11) is -4.29. The maximum Gasteiger partial charge on any atom is 0.335 e. The van der Waals surface area contributed by atoms with Crippen LogP contribution in [0.15, 0.2) is 47.6 Å². The summed E-state index contributed by atoms with van der Waals surface area (Å²) in [5.41, 5.74) is 9.38. The fourth-order valence-electron chi connectivity index (χ4n) is 4.86. The molecule has 3 aromatic rings. The van der Waals surface area contributed by atoms with E-state index in [0.717, 1.165) is 35.4 Å². The number of pyridine rings is 1. The van der Waals surface area contributed by atoms with Gasteiger partial charge in [0.05, 0.1) is 11.3 Å². The lowest BCUT2D eigenvalue weighted by Gasteiger charge is -2.24. The second kappa shape index (κ2) is 11.9. The SMILES string of the molecule is Cc1cccc(C)c1-c1cc(OC[C@H](N)CC2CCCCC2)nc(NS(=O)(=O)c2cc(C(=O)O)ccn2)n1. The number of hydrogen-bond acceptors (Lipinski definition) is 8. The smallest absolute Gasteiger partial charge is 0.335 e. The zero-order chi connectivity index (χ0) is 27.3. The highest BCUT2D eigenvalue weighted by Gasteiger charge is 2.22. The summed E-state index contributed by atoms with van der Waals surface area (Å²) in [6, 6.07) is 9.49. The first-order valence-corrected chi connectivity index (χ1v) is 14.2. The minimum absolute atomic E-state index is 0.181. The molecular formula is C27H33N5O5S. The molecule has 1 aliphatic rings. The number of hydrogen-bond donors (Lipinski definition) is 3. The van der Waals surface area contributed by atoms with E-state index >= 15 is 0 Å². The van der Waals surface area contributed by atoms with Crippen LogP contribution in [0.25, 0.3) is 11.3 Å². The number of carboxylic acids is 1. The van der Waals surface area contributed by atoms with Crippen LogP contribution in [0.5, 0.6) is 5.88 Å². The predicted molar refractivity (Wildman–Crippen MR) is 144 cm³/mol. The van der Waals surface area contributed by atoms with Crippen molar-refractivity contribution >= 4 is 21.9 Å². The highest BCUT2D eigenvalue weighted by Crippen LogP contribution is 2.30. The predicted octanol–water partition coefficient (Wildman–Crippen LogP) is 4.33. The molecule has 11 heteroatoms. The summed E-state index contributed by atoms with van der Waals surface area (Å²) in [6.07, 6.45) is 8.09. The number of nitrogens with one attached hydrogen (secondary N) is 1. The first-order chi connectivity index (χ1) is 18.1. The number of sulfonamides is 1.